The van der Waals surface area contributed by atoms with Crippen LogP contribution in [0.25, 0.3) is 27.6 Å². The SMILES string of the molecule is CC(C)(C)c1ccnc(-n2c3ccccc3c3ccc(Oc4cccc(N5ON(C(C)(C)C)c6ccccc65)c4)cc32)c1. The molecule has 0 radical (unpaired) electrons. The molecule has 3 heterocycles. The molecule has 0 aliphatic carbocycles. The lowest BCUT2D eigenvalue weighted by Crippen LogP contribution is -2.41. The van der Waals surface area contributed by atoms with E-state index in [1.807, 2.05) is 58.8 Å². The van der Waals surface area contributed by atoms with Crippen molar-refractivity contribution in [1.29, 1.82) is 0 Å². The Labute approximate surface area is 252 Å². The number of pyridine rings is 1. The fourth-order valence-corrected chi connectivity index (χ4v) is 5.72. The topological polar surface area (TPSA) is 42.8 Å². The first kappa shape index (κ1) is 27.0. The molecule has 0 saturated carbocycles. The van der Waals surface area contributed by atoms with Crippen molar-refractivity contribution in [3.8, 4) is 17.3 Å². The molecule has 6 heteroatoms. The van der Waals surface area contributed by atoms with Gasteiger partial charge in [0.25, 0.3) is 0 Å². The van der Waals surface area contributed by atoms with E-state index in [0.29, 0.717) is 0 Å². The quantitative estimate of drug-likeness (QED) is 0.212. The first-order valence-corrected chi connectivity index (χ1v) is 14.7. The number of fused-ring (bicyclic) bond motifs is 4. The zero-order valence-electron chi connectivity index (χ0n) is 25.5. The van der Waals surface area contributed by atoms with Crippen molar-refractivity contribution in [2.24, 2.45) is 0 Å². The van der Waals surface area contributed by atoms with Crippen molar-refractivity contribution < 1.29 is 9.68 Å². The molecule has 7 rings (SSSR count). The molecule has 2 aromatic heterocycles. The van der Waals surface area contributed by atoms with Crippen LogP contribution < -0.4 is 14.9 Å². The number of anilines is 3. The van der Waals surface area contributed by atoms with Crippen LogP contribution in [0.15, 0.2) is 109 Å². The van der Waals surface area contributed by atoms with Gasteiger partial charge in [0, 0.05) is 29.1 Å². The monoisotopic (exact) mass is 568 g/mol. The zero-order chi connectivity index (χ0) is 29.9. The summed E-state index contributed by atoms with van der Waals surface area (Å²) in [5, 5.41) is 6.15. The summed E-state index contributed by atoms with van der Waals surface area (Å²) in [5.74, 6) is 2.37. The van der Waals surface area contributed by atoms with Gasteiger partial charge in [0.05, 0.1) is 33.6 Å². The van der Waals surface area contributed by atoms with Gasteiger partial charge in [-0.2, -0.15) is 5.06 Å². The molecule has 43 heavy (non-hydrogen) atoms. The summed E-state index contributed by atoms with van der Waals surface area (Å²) >= 11 is 0. The van der Waals surface area contributed by atoms with Gasteiger partial charge in [0.2, 0.25) is 0 Å². The third kappa shape index (κ3) is 4.78. The molecular weight excluding hydrogens is 532 g/mol. The number of hydrogen-bond acceptors (Lipinski definition) is 5. The van der Waals surface area contributed by atoms with E-state index in [4.69, 9.17) is 14.7 Å². The zero-order valence-corrected chi connectivity index (χ0v) is 25.5. The van der Waals surface area contributed by atoms with Crippen LogP contribution in [-0.2, 0) is 10.4 Å². The van der Waals surface area contributed by atoms with Crippen LogP contribution in [-0.4, -0.2) is 15.1 Å². The van der Waals surface area contributed by atoms with Crippen molar-refractivity contribution in [3.63, 3.8) is 0 Å². The Morgan fingerprint density at radius 1 is 0.651 bits per heavy atom. The summed E-state index contributed by atoms with van der Waals surface area (Å²) in [4.78, 5) is 11.2. The third-order valence-corrected chi connectivity index (χ3v) is 7.87. The number of aromatic nitrogens is 2. The number of hydrogen-bond donors (Lipinski definition) is 0. The van der Waals surface area contributed by atoms with E-state index in [1.54, 1.807) is 0 Å². The Morgan fingerprint density at radius 3 is 2.16 bits per heavy atom. The molecular formula is C37H36N4O2. The summed E-state index contributed by atoms with van der Waals surface area (Å²) in [6.07, 6.45) is 1.90. The Morgan fingerprint density at radius 2 is 1.37 bits per heavy atom. The summed E-state index contributed by atoms with van der Waals surface area (Å²) in [6, 6.07) is 35.3. The highest BCUT2D eigenvalue weighted by atomic mass is 16.9. The highest BCUT2D eigenvalue weighted by molar-refractivity contribution is 6.09. The maximum atomic E-state index is 6.50. The van der Waals surface area contributed by atoms with Crippen molar-refractivity contribution in [1.82, 2.24) is 9.55 Å². The molecule has 0 fully saturated rings. The Bertz CT molecular complexity index is 1980. The summed E-state index contributed by atoms with van der Waals surface area (Å²) < 4.78 is 8.74. The van der Waals surface area contributed by atoms with Gasteiger partial charge in [-0.3, -0.25) is 4.57 Å². The van der Waals surface area contributed by atoms with Gasteiger partial charge in [-0.05, 0) is 86.3 Å². The Kier molecular flexibility index (Phi) is 6.22. The number of nitrogens with zero attached hydrogens (tertiary/aromatic N) is 4. The highest BCUT2D eigenvalue weighted by Crippen LogP contribution is 2.45. The third-order valence-electron chi connectivity index (χ3n) is 7.87. The van der Waals surface area contributed by atoms with E-state index in [0.717, 1.165) is 50.8 Å². The van der Waals surface area contributed by atoms with Crippen LogP contribution in [0.5, 0.6) is 11.5 Å². The van der Waals surface area contributed by atoms with E-state index in [9.17, 15) is 0 Å². The highest BCUT2D eigenvalue weighted by Gasteiger charge is 2.35. The van der Waals surface area contributed by atoms with Crippen molar-refractivity contribution in [2.75, 3.05) is 10.1 Å². The van der Waals surface area contributed by atoms with Crippen LogP contribution in [0.1, 0.15) is 47.1 Å². The van der Waals surface area contributed by atoms with Crippen molar-refractivity contribution in [3.05, 3.63) is 115 Å². The van der Waals surface area contributed by atoms with Crippen LogP contribution in [0.3, 0.4) is 0 Å². The van der Waals surface area contributed by atoms with Crippen LogP contribution >= 0.6 is 0 Å². The van der Waals surface area contributed by atoms with Crippen LogP contribution in [0.2, 0.25) is 0 Å². The summed E-state index contributed by atoms with van der Waals surface area (Å²) in [5.41, 5.74) is 6.11. The molecule has 1 aliphatic heterocycles. The number of rotatable bonds is 4. The van der Waals surface area contributed by atoms with E-state index in [-0.39, 0.29) is 11.0 Å². The maximum Gasteiger partial charge on any atom is 0.137 e. The fraction of sp³-hybridized carbons (Fsp3) is 0.216. The second kappa shape index (κ2) is 9.89. The number of para-hydroxylation sites is 3. The first-order chi connectivity index (χ1) is 20.6. The van der Waals surface area contributed by atoms with Crippen LogP contribution in [0, 0.1) is 0 Å². The van der Waals surface area contributed by atoms with Crippen LogP contribution in [0.4, 0.5) is 17.1 Å². The molecule has 0 saturated heterocycles. The van der Waals surface area contributed by atoms with Gasteiger partial charge >= 0.3 is 0 Å². The molecule has 216 valence electrons. The van der Waals surface area contributed by atoms with Gasteiger partial charge < -0.3 is 4.74 Å². The van der Waals surface area contributed by atoms with Gasteiger partial charge in [-0.1, -0.05) is 57.2 Å². The van der Waals surface area contributed by atoms with Gasteiger partial charge in [0.1, 0.15) is 17.3 Å². The van der Waals surface area contributed by atoms with E-state index in [2.05, 4.69) is 107 Å². The Balaban J connectivity index is 1.28. The number of hydroxylamine groups is 1. The van der Waals surface area contributed by atoms with E-state index < -0.39 is 0 Å². The molecule has 0 spiro atoms. The molecule has 0 unspecified atom stereocenters. The van der Waals surface area contributed by atoms with Crippen molar-refractivity contribution >= 4 is 38.9 Å². The average molecular weight is 569 g/mol. The van der Waals surface area contributed by atoms with Crippen molar-refractivity contribution in [2.45, 2.75) is 52.5 Å². The molecule has 4 aromatic carbocycles. The molecule has 0 amide bonds. The summed E-state index contributed by atoms with van der Waals surface area (Å²) in [6.45, 7) is 13.1. The van der Waals surface area contributed by atoms with Gasteiger partial charge in [-0.15, -0.1) is 4.94 Å². The lowest BCUT2D eigenvalue weighted by atomic mass is 9.88. The van der Waals surface area contributed by atoms with Gasteiger partial charge in [0.15, 0.2) is 0 Å². The lowest BCUT2D eigenvalue weighted by Gasteiger charge is -2.31. The predicted octanol–water partition coefficient (Wildman–Crippen LogP) is 9.87. The lowest BCUT2D eigenvalue weighted by molar-refractivity contribution is 0.0842. The molecule has 0 atom stereocenters. The molecule has 6 nitrogen and oxygen atoms in total. The molecule has 0 bridgehead atoms. The van der Waals surface area contributed by atoms with Gasteiger partial charge in [-0.25, -0.2) is 10.0 Å². The molecule has 1 aliphatic rings. The minimum atomic E-state index is -0.214. The number of benzene rings is 4. The second-order valence-electron chi connectivity index (χ2n) is 13.1. The normalized spacial score (nSPS) is 13.6. The maximum absolute atomic E-state index is 6.50. The largest absolute Gasteiger partial charge is 0.457 e. The Hall–Kier alpha value is -4.81. The standard InChI is InChI=1S/C37H36N4O2/c1-36(2,3)25-20-21-38-35(22-25)39-31-15-8-7-14-29(31)30-19-18-28(24-34(30)39)42-27-13-11-12-26(23-27)40-32-16-9-10-17-33(32)41(43-40)37(4,5)6/h7-24H,1-6H3. The average Bonchev–Trinajstić information content (AvgIpc) is 3.53. The number of ether oxygens (including phenoxy) is 1. The molecule has 6 aromatic rings. The molecule has 0 N–H and O–H groups in total. The van der Waals surface area contributed by atoms with E-state index in [1.165, 1.54) is 10.9 Å². The fourth-order valence-electron chi connectivity index (χ4n) is 5.72. The van der Waals surface area contributed by atoms with E-state index >= 15 is 0 Å². The summed E-state index contributed by atoms with van der Waals surface area (Å²) in [7, 11) is 0. The first-order valence-electron chi connectivity index (χ1n) is 14.7. The minimum Gasteiger partial charge on any atom is -0.457 e. The smallest absolute Gasteiger partial charge is 0.137 e. The predicted molar refractivity (Wildman–Crippen MR) is 176 cm³/mol. The second-order valence-corrected chi connectivity index (χ2v) is 13.1. The minimum absolute atomic E-state index is 0.0131.